The van der Waals surface area contributed by atoms with Gasteiger partial charge in [0.2, 0.25) is 10.0 Å². The van der Waals surface area contributed by atoms with E-state index in [2.05, 4.69) is 0 Å². The number of amides is 1. The molecular formula is C15H22N2O5S. The van der Waals surface area contributed by atoms with Crippen molar-refractivity contribution >= 4 is 15.9 Å². The standard InChI is InChI=1S/C15H22N2O5S/c1-21-11-15-4-5-16(14(18)12-3-6-22-9-12)7-13(15)8-17(10-15)23(2,19)20/h3,6,9,13H,4-5,7-8,10-11H2,1-2H3/t13-,15+/m1/s1. The maximum absolute atomic E-state index is 12.5. The molecule has 2 aliphatic heterocycles. The Morgan fingerprint density at radius 2 is 2.26 bits per heavy atom. The van der Waals surface area contributed by atoms with Gasteiger partial charge in [-0.2, -0.15) is 0 Å². The molecule has 0 aliphatic carbocycles. The predicted octanol–water partition coefficient (Wildman–Crippen LogP) is 0.650. The second-order valence-electron chi connectivity index (χ2n) is 6.56. The van der Waals surface area contributed by atoms with Crippen molar-refractivity contribution in [2.24, 2.45) is 11.3 Å². The van der Waals surface area contributed by atoms with Gasteiger partial charge in [0.15, 0.2) is 0 Å². The quantitative estimate of drug-likeness (QED) is 0.803. The Hall–Kier alpha value is -1.38. The maximum Gasteiger partial charge on any atom is 0.257 e. The van der Waals surface area contributed by atoms with Crippen LogP contribution in [0.4, 0.5) is 0 Å². The van der Waals surface area contributed by atoms with E-state index in [0.717, 1.165) is 6.42 Å². The summed E-state index contributed by atoms with van der Waals surface area (Å²) in [5, 5.41) is 0. The zero-order valence-electron chi connectivity index (χ0n) is 13.4. The van der Waals surface area contributed by atoms with Crippen LogP contribution in [-0.4, -0.2) is 69.7 Å². The van der Waals surface area contributed by atoms with E-state index in [0.29, 0.717) is 38.3 Å². The topological polar surface area (TPSA) is 80.1 Å². The van der Waals surface area contributed by atoms with E-state index < -0.39 is 10.0 Å². The summed E-state index contributed by atoms with van der Waals surface area (Å²) in [7, 11) is -1.60. The number of piperidine rings is 1. The molecule has 3 heterocycles. The van der Waals surface area contributed by atoms with E-state index in [-0.39, 0.29) is 17.2 Å². The fraction of sp³-hybridized carbons (Fsp3) is 0.667. The molecule has 2 aliphatic rings. The molecule has 1 aromatic rings. The first kappa shape index (κ1) is 16.5. The molecule has 0 bridgehead atoms. The summed E-state index contributed by atoms with van der Waals surface area (Å²) in [6.07, 6.45) is 4.89. The minimum absolute atomic E-state index is 0.0671. The van der Waals surface area contributed by atoms with Gasteiger partial charge in [-0.3, -0.25) is 4.79 Å². The van der Waals surface area contributed by atoms with E-state index in [1.807, 2.05) is 0 Å². The smallest absolute Gasteiger partial charge is 0.257 e. The highest BCUT2D eigenvalue weighted by Gasteiger charge is 2.52. The molecule has 0 aromatic carbocycles. The Kier molecular flexibility index (Phi) is 4.24. The van der Waals surface area contributed by atoms with Gasteiger partial charge in [0.25, 0.3) is 5.91 Å². The van der Waals surface area contributed by atoms with E-state index in [4.69, 9.17) is 9.15 Å². The monoisotopic (exact) mass is 342 g/mol. The van der Waals surface area contributed by atoms with Crippen molar-refractivity contribution < 1.29 is 22.4 Å². The SMILES string of the molecule is COC[C@@]12CCN(C(=O)c3ccoc3)C[C@@H]1CN(S(C)(=O)=O)C2. The molecule has 2 atom stereocenters. The second-order valence-corrected chi connectivity index (χ2v) is 8.54. The van der Waals surface area contributed by atoms with Crippen molar-refractivity contribution in [1.29, 1.82) is 0 Å². The molecule has 1 amide bonds. The second kappa shape index (κ2) is 5.92. The zero-order valence-corrected chi connectivity index (χ0v) is 14.2. The number of sulfonamides is 1. The number of rotatable bonds is 4. The molecule has 0 radical (unpaired) electrons. The van der Waals surface area contributed by atoms with Crippen LogP contribution in [0.5, 0.6) is 0 Å². The summed E-state index contributed by atoms with van der Waals surface area (Å²) in [5.74, 6) is 0.0179. The molecule has 1 aromatic heterocycles. The number of hydrogen-bond donors (Lipinski definition) is 0. The van der Waals surface area contributed by atoms with Gasteiger partial charge < -0.3 is 14.1 Å². The summed E-state index contributed by atoms with van der Waals surface area (Å²) in [5.41, 5.74) is 0.326. The number of hydrogen-bond acceptors (Lipinski definition) is 5. The molecular weight excluding hydrogens is 320 g/mol. The van der Waals surface area contributed by atoms with Gasteiger partial charge in [-0.05, 0) is 18.4 Å². The van der Waals surface area contributed by atoms with Crippen LogP contribution in [0, 0.1) is 11.3 Å². The van der Waals surface area contributed by atoms with Crippen LogP contribution in [0.15, 0.2) is 23.0 Å². The molecule has 0 N–H and O–H groups in total. The summed E-state index contributed by atoms with van der Waals surface area (Å²) < 4.78 is 35.7. The summed E-state index contributed by atoms with van der Waals surface area (Å²) in [4.78, 5) is 14.3. The third kappa shape index (κ3) is 3.02. The Morgan fingerprint density at radius 1 is 1.48 bits per heavy atom. The Bertz CT molecular complexity index is 672. The molecule has 3 rings (SSSR count). The molecule has 2 fully saturated rings. The fourth-order valence-corrected chi connectivity index (χ4v) is 4.71. The number of nitrogens with zero attached hydrogens (tertiary/aromatic N) is 2. The number of furan rings is 1. The first-order valence-corrected chi connectivity index (χ1v) is 9.46. The lowest BCUT2D eigenvalue weighted by molar-refractivity contribution is 0.00340. The number of carbonyl (C=O) groups is 1. The Balaban J connectivity index is 1.79. The van der Waals surface area contributed by atoms with Gasteiger partial charge in [0.05, 0.1) is 24.7 Å². The molecule has 7 nitrogen and oxygen atoms in total. The van der Waals surface area contributed by atoms with Gasteiger partial charge >= 0.3 is 0 Å². The number of carbonyl (C=O) groups excluding carboxylic acids is 1. The van der Waals surface area contributed by atoms with Gasteiger partial charge in [0.1, 0.15) is 6.26 Å². The van der Waals surface area contributed by atoms with Gasteiger partial charge in [0, 0.05) is 38.7 Å². The fourth-order valence-electron chi connectivity index (χ4n) is 3.76. The van der Waals surface area contributed by atoms with Gasteiger partial charge in [-0.1, -0.05) is 0 Å². The largest absolute Gasteiger partial charge is 0.472 e. The van der Waals surface area contributed by atoms with Crippen molar-refractivity contribution in [3.63, 3.8) is 0 Å². The van der Waals surface area contributed by atoms with E-state index in [1.54, 1.807) is 18.1 Å². The number of likely N-dealkylation sites (tertiary alicyclic amines) is 1. The van der Waals surface area contributed by atoms with Crippen LogP contribution < -0.4 is 0 Å². The predicted molar refractivity (Wildman–Crippen MR) is 83.4 cm³/mol. The molecule has 0 unspecified atom stereocenters. The third-order valence-corrected chi connectivity index (χ3v) is 6.27. The van der Waals surface area contributed by atoms with Crippen LogP contribution in [0.1, 0.15) is 16.8 Å². The van der Waals surface area contributed by atoms with E-state index in [1.165, 1.54) is 23.1 Å². The van der Waals surface area contributed by atoms with Crippen LogP contribution in [0.25, 0.3) is 0 Å². The van der Waals surface area contributed by atoms with Crippen molar-refractivity contribution in [1.82, 2.24) is 9.21 Å². The maximum atomic E-state index is 12.5. The number of ether oxygens (including phenoxy) is 1. The summed E-state index contributed by atoms with van der Waals surface area (Å²) in [6, 6.07) is 1.65. The van der Waals surface area contributed by atoms with Gasteiger partial charge in [-0.15, -0.1) is 0 Å². The van der Waals surface area contributed by atoms with Crippen molar-refractivity contribution in [3.05, 3.63) is 24.2 Å². The lowest BCUT2D eigenvalue weighted by atomic mass is 9.73. The van der Waals surface area contributed by atoms with Crippen LogP contribution >= 0.6 is 0 Å². The average Bonchev–Trinajstić information content (AvgIpc) is 3.13. The molecule has 8 heteroatoms. The zero-order chi connectivity index (χ0) is 16.7. The van der Waals surface area contributed by atoms with Crippen molar-refractivity contribution in [2.75, 3.05) is 46.2 Å². The lowest BCUT2D eigenvalue weighted by Crippen LogP contribution is -2.50. The molecule has 128 valence electrons. The summed E-state index contributed by atoms with van der Waals surface area (Å²) in [6.45, 7) is 2.56. The highest BCUT2D eigenvalue weighted by Crippen LogP contribution is 2.44. The molecule has 23 heavy (non-hydrogen) atoms. The summed E-state index contributed by atoms with van der Waals surface area (Å²) >= 11 is 0. The number of methoxy groups -OCH3 is 1. The lowest BCUT2D eigenvalue weighted by Gasteiger charge is -2.43. The highest BCUT2D eigenvalue weighted by molar-refractivity contribution is 7.88. The first-order valence-electron chi connectivity index (χ1n) is 7.61. The number of fused-ring (bicyclic) bond motifs is 1. The minimum Gasteiger partial charge on any atom is -0.472 e. The van der Waals surface area contributed by atoms with Crippen LogP contribution in [-0.2, 0) is 14.8 Å². The first-order chi connectivity index (χ1) is 10.9. The van der Waals surface area contributed by atoms with E-state index in [9.17, 15) is 13.2 Å². The molecule has 0 spiro atoms. The van der Waals surface area contributed by atoms with Crippen molar-refractivity contribution in [2.45, 2.75) is 6.42 Å². The third-order valence-electron chi connectivity index (χ3n) is 5.06. The Labute approximate surface area is 136 Å². The molecule has 0 saturated carbocycles. The minimum atomic E-state index is -3.24. The molecule has 2 saturated heterocycles. The Morgan fingerprint density at radius 3 is 2.87 bits per heavy atom. The van der Waals surface area contributed by atoms with Crippen LogP contribution in [0.3, 0.4) is 0 Å². The highest BCUT2D eigenvalue weighted by atomic mass is 32.2. The van der Waals surface area contributed by atoms with Gasteiger partial charge in [-0.25, -0.2) is 12.7 Å². The van der Waals surface area contributed by atoms with E-state index >= 15 is 0 Å². The average molecular weight is 342 g/mol. The van der Waals surface area contributed by atoms with Crippen LogP contribution in [0.2, 0.25) is 0 Å². The van der Waals surface area contributed by atoms with Crippen molar-refractivity contribution in [3.8, 4) is 0 Å². The normalized spacial score (nSPS) is 28.8.